The number of aromatic nitrogens is 3. The predicted octanol–water partition coefficient (Wildman–Crippen LogP) is 2.38. The molecule has 0 saturated heterocycles. The van der Waals surface area contributed by atoms with E-state index in [1.165, 1.54) is 0 Å². The van der Waals surface area contributed by atoms with E-state index in [2.05, 4.69) is 54.5 Å². The summed E-state index contributed by atoms with van der Waals surface area (Å²) in [5.74, 6) is 1.76. The lowest BCUT2D eigenvalue weighted by Gasteiger charge is -2.24. The number of nitrogens with two attached hydrogens (primary N) is 1. The molecular weight excluding hydrogens is 226 g/mol. The van der Waals surface area contributed by atoms with Crippen molar-refractivity contribution in [3.8, 4) is 0 Å². The molecule has 5 heteroatoms. The van der Waals surface area contributed by atoms with Crippen LogP contribution in [0.5, 0.6) is 0 Å². The molecule has 0 atom stereocenters. The molecule has 18 heavy (non-hydrogen) atoms. The summed E-state index contributed by atoms with van der Waals surface area (Å²) < 4.78 is 0. The fourth-order valence-electron chi connectivity index (χ4n) is 1.71. The van der Waals surface area contributed by atoms with Crippen molar-refractivity contribution in [1.29, 1.82) is 0 Å². The van der Waals surface area contributed by atoms with Gasteiger partial charge in [0.25, 0.3) is 0 Å². The molecule has 0 aromatic carbocycles. The van der Waals surface area contributed by atoms with Gasteiger partial charge in [-0.15, -0.1) is 0 Å². The van der Waals surface area contributed by atoms with Crippen molar-refractivity contribution in [2.45, 2.75) is 52.9 Å². The van der Waals surface area contributed by atoms with Crippen molar-refractivity contribution in [1.82, 2.24) is 15.0 Å². The van der Waals surface area contributed by atoms with Crippen LogP contribution in [0.4, 0.5) is 11.9 Å². The summed E-state index contributed by atoms with van der Waals surface area (Å²) >= 11 is 0. The molecule has 1 rings (SSSR count). The molecule has 1 aromatic rings. The molecule has 1 aromatic heterocycles. The van der Waals surface area contributed by atoms with E-state index in [0.717, 1.165) is 31.8 Å². The summed E-state index contributed by atoms with van der Waals surface area (Å²) in [5, 5.41) is 0. The van der Waals surface area contributed by atoms with Gasteiger partial charge in [-0.25, -0.2) is 0 Å². The third kappa shape index (κ3) is 3.82. The van der Waals surface area contributed by atoms with E-state index in [1.54, 1.807) is 0 Å². The molecule has 102 valence electrons. The molecular formula is C13H25N5. The van der Waals surface area contributed by atoms with E-state index in [-0.39, 0.29) is 5.41 Å². The smallest absolute Gasteiger partial charge is 0.230 e. The monoisotopic (exact) mass is 251 g/mol. The lowest BCUT2D eigenvalue weighted by Crippen LogP contribution is -2.29. The molecule has 0 bridgehead atoms. The topological polar surface area (TPSA) is 67.9 Å². The number of anilines is 2. The first-order valence-electron chi connectivity index (χ1n) is 6.65. The molecule has 1 heterocycles. The minimum absolute atomic E-state index is 0.115. The van der Waals surface area contributed by atoms with Gasteiger partial charge in [0.15, 0.2) is 0 Å². The average Bonchev–Trinajstić information content (AvgIpc) is 2.27. The van der Waals surface area contributed by atoms with Crippen LogP contribution in [0.2, 0.25) is 0 Å². The lowest BCUT2D eigenvalue weighted by molar-refractivity contribution is 0.540. The Morgan fingerprint density at radius 2 is 1.56 bits per heavy atom. The average molecular weight is 251 g/mol. The highest BCUT2D eigenvalue weighted by atomic mass is 15.3. The fourth-order valence-corrected chi connectivity index (χ4v) is 1.71. The van der Waals surface area contributed by atoms with Crippen molar-refractivity contribution in [3.05, 3.63) is 5.82 Å². The highest BCUT2D eigenvalue weighted by Gasteiger charge is 2.20. The molecule has 5 nitrogen and oxygen atoms in total. The van der Waals surface area contributed by atoms with E-state index < -0.39 is 0 Å². The molecule has 0 fully saturated rings. The zero-order chi connectivity index (χ0) is 13.8. The van der Waals surface area contributed by atoms with Crippen LogP contribution in [0, 0.1) is 0 Å². The summed E-state index contributed by atoms with van der Waals surface area (Å²) in [6.45, 7) is 12.4. The quantitative estimate of drug-likeness (QED) is 0.870. The van der Waals surface area contributed by atoms with Crippen LogP contribution < -0.4 is 10.6 Å². The van der Waals surface area contributed by atoms with Crippen LogP contribution in [0.1, 0.15) is 53.3 Å². The number of hydrogen-bond acceptors (Lipinski definition) is 5. The third-order valence-electron chi connectivity index (χ3n) is 2.58. The van der Waals surface area contributed by atoms with Gasteiger partial charge >= 0.3 is 0 Å². The Balaban J connectivity index is 3.10. The second-order valence-electron chi connectivity index (χ2n) is 5.55. The van der Waals surface area contributed by atoms with E-state index in [0.29, 0.717) is 11.9 Å². The Hall–Kier alpha value is -1.39. The maximum atomic E-state index is 5.80. The summed E-state index contributed by atoms with van der Waals surface area (Å²) in [5.41, 5.74) is 5.68. The number of rotatable bonds is 5. The van der Waals surface area contributed by atoms with Gasteiger partial charge < -0.3 is 10.6 Å². The van der Waals surface area contributed by atoms with E-state index in [9.17, 15) is 0 Å². The van der Waals surface area contributed by atoms with Crippen LogP contribution in [-0.2, 0) is 5.41 Å². The van der Waals surface area contributed by atoms with Gasteiger partial charge in [-0.05, 0) is 12.8 Å². The maximum absolute atomic E-state index is 5.80. The first kappa shape index (κ1) is 14.7. The largest absolute Gasteiger partial charge is 0.368 e. The summed E-state index contributed by atoms with van der Waals surface area (Å²) in [4.78, 5) is 15.2. The van der Waals surface area contributed by atoms with Gasteiger partial charge in [-0.1, -0.05) is 34.6 Å². The summed E-state index contributed by atoms with van der Waals surface area (Å²) in [7, 11) is 0. The molecule has 0 spiro atoms. The van der Waals surface area contributed by atoms with E-state index in [4.69, 9.17) is 5.73 Å². The Morgan fingerprint density at radius 3 is 2.00 bits per heavy atom. The van der Waals surface area contributed by atoms with Crippen LogP contribution in [-0.4, -0.2) is 28.0 Å². The number of nitrogens with zero attached hydrogens (tertiary/aromatic N) is 4. The van der Waals surface area contributed by atoms with Gasteiger partial charge in [0.2, 0.25) is 11.9 Å². The zero-order valence-corrected chi connectivity index (χ0v) is 12.2. The number of nitrogen functional groups attached to an aromatic ring is 1. The van der Waals surface area contributed by atoms with Crippen LogP contribution in [0.15, 0.2) is 0 Å². The van der Waals surface area contributed by atoms with Crippen molar-refractivity contribution in [2.24, 2.45) is 0 Å². The minimum atomic E-state index is -0.115. The highest BCUT2D eigenvalue weighted by molar-refractivity contribution is 5.35. The number of hydrogen-bond donors (Lipinski definition) is 1. The first-order valence-corrected chi connectivity index (χ1v) is 6.65. The second kappa shape index (κ2) is 5.98. The van der Waals surface area contributed by atoms with Crippen molar-refractivity contribution in [3.63, 3.8) is 0 Å². The van der Waals surface area contributed by atoms with Crippen molar-refractivity contribution >= 4 is 11.9 Å². The van der Waals surface area contributed by atoms with E-state index >= 15 is 0 Å². The van der Waals surface area contributed by atoms with E-state index in [1.807, 2.05) is 0 Å². The molecule has 0 unspecified atom stereocenters. The molecule has 0 aliphatic heterocycles. The van der Waals surface area contributed by atoms with Gasteiger partial charge in [-0.2, -0.15) is 15.0 Å². The van der Waals surface area contributed by atoms with Crippen molar-refractivity contribution < 1.29 is 0 Å². The molecule has 0 aliphatic carbocycles. The van der Waals surface area contributed by atoms with Crippen molar-refractivity contribution in [2.75, 3.05) is 23.7 Å². The molecule has 2 N–H and O–H groups in total. The minimum Gasteiger partial charge on any atom is -0.368 e. The summed E-state index contributed by atoms with van der Waals surface area (Å²) in [6, 6.07) is 0. The molecule has 0 aliphatic rings. The molecule has 0 radical (unpaired) electrons. The Bertz CT molecular complexity index is 377. The Kier molecular flexibility index (Phi) is 4.87. The highest BCUT2D eigenvalue weighted by Crippen LogP contribution is 2.21. The lowest BCUT2D eigenvalue weighted by atomic mass is 9.96. The van der Waals surface area contributed by atoms with Gasteiger partial charge in [-0.3, -0.25) is 0 Å². The predicted molar refractivity (Wildman–Crippen MR) is 75.7 cm³/mol. The molecule has 0 amide bonds. The third-order valence-corrected chi connectivity index (χ3v) is 2.58. The van der Waals surface area contributed by atoms with Crippen LogP contribution in [0.25, 0.3) is 0 Å². The fraction of sp³-hybridized carbons (Fsp3) is 0.769. The maximum Gasteiger partial charge on any atom is 0.230 e. The van der Waals surface area contributed by atoms with Crippen LogP contribution >= 0.6 is 0 Å². The van der Waals surface area contributed by atoms with Crippen LogP contribution in [0.3, 0.4) is 0 Å². The Labute approximate surface area is 110 Å². The molecule has 0 saturated carbocycles. The summed E-state index contributed by atoms with van der Waals surface area (Å²) in [6.07, 6.45) is 2.13. The standard InChI is InChI=1S/C13H25N5/c1-6-8-18(9-7-2)12-16-10(13(3,4)5)15-11(14)17-12/h6-9H2,1-5H3,(H2,14,15,16,17). The zero-order valence-electron chi connectivity index (χ0n) is 12.2. The first-order chi connectivity index (χ1) is 8.38. The second-order valence-corrected chi connectivity index (χ2v) is 5.55. The van der Waals surface area contributed by atoms with Gasteiger partial charge in [0.1, 0.15) is 5.82 Å². The Morgan fingerprint density at radius 1 is 1.00 bits per heavy atom. The SMILES string of the molecule is CCCN(CCC)c1nc(N)nc(C(C)(C)C)n1. The normalized spacial score (nSPS) is 11.6. The van der Waals surface area contributed by atoms with Gasteiger partial charge in [0.05, 0.1) is 0 Å². The van der Waals surface area contributed by atoms with Gasteiger partial charge in [0, 0.05) is 18.5 Å².